The Bertz CT molecular complexity index is 972. The van der Waals surface area contributed by atoms with Gasteiger partial charge in [0.1, 0.15) is 60.1 Å². The van der Waals surface area contributed by atoms with Crippen LogP contribution in [0.2, 0.25) is 0 Å². The molecule has 0 aromatic rings. The summed E-state index contributed by atoms with van der Waals surface area (Å²) in [5.41, 5.74) is 0. The molecule has 0 heterocycles. The van der Waals surface area contributed by atoms with Crippen molar-refractivity contribution in [2.75, 3.05) is 0 Å². The van der Waals surface area contributed by atoms with E-state index in [0.717, 1.165) is 0 Å². The SMILES string of the molecule is O=C1C(S(=O)(=O)[O-])=C(S(=O)(=O)[O-])C(=O)C(S(=O)(=O)[O-])=C1S(=O)(=O)[O-].[Na+].[Na+].[Na+].[Na+]. The molecule has 0 saturated carbocycles. The Hall–Kier alpha value is 2.46. The molecule has 0 aromatic carbocycles. The van der Waals surface area contributed by atoms with E-state index in [2.05, 4.69) is 0 Å². The minimum absolute atomic E-state index is 0. The van der Waals surface area contributed by atoms with E-state index in [0.29, 0.717) is 0 Å². The fourth-order valence-corrected chi connectivity index (χ4v) is 5.48. The molecule has 0 unspecified atom stereocenters. The van der Waals surface area contributed by atoms with E-state index in [1.165, 1.54) is 0 Å². The predicted octanol–water partition coefficient (Wildman–Crippen LogP) is -16.2. The van der Waals surface area contributed by atoms with E-state index in [4.69, 9.17) is 0 Å². The molecule has 136 valence electrons. The third-order valence-corrected chi connectivity index (χ3v) is 6.05. The topological polar surface area (TPSA) is 263 Å². The van der Waals surface area contributed by atoms with Crippen molar-refractivity contribution in [2.24, 2.45) is 0 Å². The monoisotopic (exact) mass is 516 g/mol. The summed E-state index contributed by atoms with van der Waals surface area (Å²) in [5.74, 6) is -5.80. The van der Waals surface area contributed by atoms with Crippen molar-refractivity contribution in [2.45, 2.75) is 0 Å². The normalized spacial score (nSPS) is 15.7. The number of carbonyl (C=O) groups is 2. The van der Waals surface area contributed by atoms with E-state index >= 15 is 0 Å². The number of hydrogen-bond donors (Lipinski definition) is 0. The van der Waals surface area contributed by atoms with Gasteiger partial charge in [-0.2, -0.15) is 0 Å². The molecule has 0 aliphatic heterocycles. The first-order valence-corrected chi connectivity index (χ1v) is 10.4. The molecule has 1 aliphatic rings. The van der Waals surface area contributed by atoms with E-state index < -0.39 is 71.7 Å². The van der Waals surface area contributed by atoms with Gasteiger partial charge in [0.2, 0.25) is 11.6 Å². The molecular weight excluding hydrogens is 516 g/mol. The van der Waals surface area contributed by atoms with Crippen molar-refractivity contribution in [3.63, 3.8) is 0 Å². The number of carbonyl (C=O) groups excluding carboxylic acids is 2. The van der Waals surface area contributed by atoms with Crippen LogP contribution in [0.4, 0.5) is 0 Å². The third-order valence-electron chi connectivity index (χ3n) is 2.24. The Morgan fingerprint density at radius 2 is 0.500 bits per heavy atom. The molecule has 0 fully saturated rings. The maximum atomic E-state index is 11.6. The van der Waals surface area contributed by atoms with Crippen LogP contribution in [-0.4, -0.2) is 63.4 Å². The van der Waals surface area contributed by atoms with Gasteiger partial charge in [0.25, 0.3) is 0 Å². The van der Waals surface area contributed by atoms with Gasteiger partial charge in [-0.15, -0.1) is 0 Å². The van der Waals surface area contributed by atoms with E-state index in [9.17, 15) is 61.5 Å². The summed E-state index contributed by atoms with van der Waals surface area (Å²) in [6, 6.07) is 0. The van der Waals surface area contributed by atoms with Crippen LogP contribution in [0, 0.1) is 0 Å². The summed E-state index contributed by atoms with van der Waals surface area (Å²) in [6.07, 6.45) is 0. The average Bonchev–Trinajstić information content (AvgIpc) is 2.24. The Morgan fingerprint density at radius 3 is 0.571 bits per heavy atom. The molecule has 0 amide bonds. The Morgan fingerprint density at radius 1 is 0.393 bits per heavy atom. The molecule has 0 saturated heterocycles. The molecule has 28 heavy (non-hydrogen) atoms. The van der Waals surface area contributed by atoms with Crippen LogP contribution in [0.15, 0.2) is 19.6 Å². The van der Waals surface area contributed by atoms with Gasteiger partial charge in [-0.1, -0.05) is 0 Å². The zero-order valence-corrected chi connectivity index (χ0v) is 25.6. The molecule has 0 bridgehead atoms. The van der Waals surface area contributed by atoms with Crippen molar-refractivity contribution in [1.82, 2.24) is 0 Å². The van der Waals surface area contributed by atoms with Crippen LogP contribution in [0.1, 0.15) is 0 Å². The molecule has 0 N–H and O–H groups in total. The first-order chi connectivity index (χ1) is 10.3. The zero-order valence-electron chi connectivity index (χ0n) is 14.3. The smallest absolute Gasteiger partial charge is 0.744 e. The fourth-order valence-electron chi connectivity index (χ4n) is 1.53. The molecule has 0 aromatic heterocycles. The van der Waals surface area contributed by atoms with Crippen LogP contribution < -0.4 is 118 Å². The predicted molar refractivity (Wildman–Crippen MR) is 62.9 cm³/mol. The Balaban J connectivity index is -0.000000720. The summed E-state index contributed by atoms with van der Waals surface area (Å²) < 4.78 is 131. The van der Waals surface area contributed by atoms with Gasteiger partial charge in [0.15, 0.2) is 0 Å². The number of rotatable bonds is 4. The third kappa shape index (κ3) is 8.43. The maximum Gasteiger partial charge on any atom is 1.00 e. The molecule has 0 atom stereocenters. The van der Waals surface area contributed by atoms with Crippen molar-refractivity contribution in [3.05, 3.63) is 19.6 Å². The maximum absolute atomic E-state index is 11.6. The Labute approximate surface area is 247 Å². The fraction of sp³-hybridized carbons (Fsp3) is 0. The zero-order chi connectivity index (χ0) is 19.5. The largest absolute Gasteiger partial charge is 1.00 e. The van der Waals surface area contributed by atoms with Gasteiger partial charge in [0.05, 0.1) is 0 Å². The van der Waals surface area contributed by atoms with E-state index in [-0.39, 0.29) is 118 Å². The summed E-state index contributed by atoms with van der Waals surface area (Å²) in [6.45, 7) is 0. The van der Waals surface area contributed by atoms with Gasteiger partial charge < -0.3 is 18.2 Å². The van der Waals surface area contributed by atoms with Gasteiger partial charge in [-0.25, -0.2) is 33.7 Å². The number of hydrogen-bond acceptors (Lipinski definition) is 14. The minimum Gasteiger partial charge on any atom is -0.744 e. The van der Waals surface area contributed by atoms with Crippen LogP contribution in [0.25, 0.3) is 0 Å². The molecule has 22 heteroatoms. The van der Waals surface area contributed by atoms with E-state index in [1.54, 1.807) is 0 Å². The van der Waals surface area contributed by atoms with Gasteiger partial charge in [-0.3, -0.25) is 9.59 Å². The second-order valence-corrected chi connectivity index (χ2v) is 9.06. The number of ketones is 2. The van der Waals surface area contributed by atoms with Gasteiger partial charge in [0, 0.05) is 0 Å². The first kappa shape index (κ1) is 37.8. The molecule has 0 radical (unpaired) electrons. The molecule has 1 rings (SSSR count). The average molecular weight is 516 g/mol. The summed E-state index contributed by atoms with van der Waals surface area (Å²) in [5, 5.41) is 0. The molecule has 0 spiro atoms. The van der Waals surface area contributed by atoms with Crippen molar-refractivity contribution in [1.29, 1.82) is 0 Å². The second-order valence-electron chi connectivity index (χ2n) is 3.79. The summed E-state index contributed by atoms with van der Waals surface area (Å²) in [4.78, 5) is 12.2. The number of Topliss-reactive ketones (excluding diaryl/α,β-unsaturated/α-hetero) is 2. The summed E-state index contributed by atoms with van der Waals surface area (Å²) in [7, 11) is -25.4. The van der Waals surface area contributed by atoms with Crippen molar-refractivity contribution >= 4 is 52.0 Å². The van der Waals surface area contributed by atoms with Crippen LogP contribution in [0.3, 0.4) is 0 Å². The first-order valence-electron chi connectivity index (χ1n) is 4.72. The molecule has 1 aliphatic carbocycles. The van der Waals surface area contributed by atoms with E-state index in [1.807, 2.05) is 0 Å². The van der Waals surface area contributed by atoms with Crippen molar-refractivity contribution < 1.29 is 180 Å². The van der Waals surface area contributed by atoms with Gasteiger partial charge in [-0.05, 0) is 0 Å². The summed E-state index contributed by atoms with van der Waals surface area (Å²) >= 11 is 0. The van der Waals surface area contributed by atoms with Crippen LogP contribution in [0.5, 0.6) is 0 Å². The second kappa shape index (κ2) is 12.1. The van der Waals surface area contributed by atoms with Gasteiger partial charge >= 0.3 is 118 Å². The standard InChI is InChI=1S/C6H4O14S4.4Na/c7-1-3(21(9,10)11)5(23(15,16)17)2(8)6(24(18,19)20)4(1)22(12,13)14;;;;/h(H,9,10,11)(H,12,13,14)(H,15,16,17)(H,18,19,20);;;;/q;4*+1/p-4. The van der Waals surface area contributed by atoms with Crippen LogP contribution >= 0.6 is 0 Å². The Kier molecular flexibility index (Phi) is 16.3. The van der Waals surface area contributed by atoms with Crippen molar-refractivity contribution in [3.8, 4) is 0 Å². The molecular formula is C6Na4O14S4. The minimum atomic E-state index is -6.36. The number of allylic oxidation sites excluding steroid dienone is 4. The molecule has 14 nitrogen and oxygen atoms in total. The van der Waals surface area contributed by atoms with Crippen LogP contribution in [-0.2, 0) is 50.1 Å². The quantitative estimate of drug-likeness (QED) is 0.191.